The number of amides is 1. The first-order chi connectivity index (χ1) is 11.4. The van der Waals surface area contributed by atoms with E-state index in [9.17, 15) is 14.9 Å². The SMILES string of the molecule is Cc1c(NC(=O)COc2ccc(C(C)C)cc2)cccc1[N+](=O)[O-]. The number of nitrogens with one attached hydrogen (secondary N) is 1. The second-order valence-electron chi connectivity index (χ2n) is 5.77. The first-order valence-corrected chi connectivity index (χ1v) is 7.65. The molecule has 0 saturated carbocycles. The average Bonchev–Trinajstić information content (AvgIpc) is 2.55. The minimum absolute atomic E-state index is 0.0296. The molecule has 2 rings (SSSR count). The molecule has 0 aromatic heterocycles. The Balaban J connectivity index is 1.96. The molecular formula is C18H20N2O4. The lowest BCUT2D eigenvalue weighted by Crippen LogP contribution is -2.20. The minimum atomic E-state index is -0.474. The summed E-state index contributed by atoms with van der Waals surface area (Å²) >= 11 is 0. The molecule has 0 saturated heterocycles. The van der Waals surface area contributed by atoms with Crippen LogP contribution >= 0.6 is 0 Å². The van der Waals surface area contributed by atoms with Crippen molar-refractivity contribution in [3.05, 3.63) is 63.7 Å². The Morgan fingerprint density at radius 2 is 1.88 bits per heavy atom. The number of ether oxygens (including phenoxy) is 1. The Labute approximate surface area is 140 Å². The molecule has 6 heteroatoms. The van der Waals surface area contributed by atoms with E-state index >= 15 is 0 Å². The van der Waals surface area contributed by atoms with Gasteiger partial charge in [-0.25, -0.2) is 0 Å². The monoisotopic (exact) mass is 328 g/mol. The number of rotatable bonds is 6. The zero-order valence-corrected chi connectivity index (χ0v) is 13.9. The fraction of sp³-hybridized carbons (Fsp3) is 0.278. The smallest absolute Gasteiger partial charge is 0.274 e. The summed E-state index contributed by atoms with van der Waals surface area (Å²) in [7, 11) is 0. The average molecular weight is 328 g/mol. The lowest BCUT2D eigenvalue weighted by Gasteiger charge is -2.10. The molecule has 0 heterocycles. The van der Waals surface area contributed by atoms with Gasteiger partial charge in [-0.1, -0.05) is 32.0 Å². The maximum atomic E-state index is 12.0. The Morgan fingerprint density at radius 3 is 2.46 bits per heavy atom. The van der Waals surface area contributed by atoms with Crippen LogP contribution in [0.25, 0.3) is 0 Å². The lowest BCUT2D eigenvalue weighted by molar-refractivity contribution is -0.385. The van der Waals surface area contributed by atoms with Crippen LogP contribution in [0, 0.1) is 17.0 Å². The molecule has 0 radical (unpaired) electrons. The molecule has 126 valence electrons. The Hall–Kier alpha value is -2.89. The van der Waals surface area contributed by atoms with Crippen molar-refractivity contribution in [1.29, 1.82) is 0 Å². The maximum absolute atomic E-state index is 12.0. The molecule has 2 aromatic rings. The second kappa shape index (κ2) is 7.59. The van der Waals surface area contributed by atoms with Gasteiger partial charge in [-0.15, -0.1) is 0 Å². The van der Waals surface area contributed by atoms with Crippen LogP contribution in [-0.4, -0.2) is 17.4 Å². The Morgan fingerprint density at radius 1 is 1.21 bits per heavy atom. The molecule has 0 aliphatic carbocycles. The summed E-state index contributed by atoms with van der Waals surface area (Å²) in [6, 6.07) is 12.1. The summed E-state index contributed by atoms with van der Waals surface area (Å²) in [4.78, 5) is 22.4. The zero-order chi connectivity index (χ0) is 17.7. The molecular weight excluding hydrogens is 308 g/mol. The molecule has 0 fully saturated rings. The van der Waals surface area contributed by atoms with Gasteiger partial charge in [0, 0.05) is 6.07 Å². The van der Waals surface area contributed by atoms with Gasteiger partial charge in [-0.2, -0.15) is 0 Å². The van der Waals surface area contributed by atoms with Crippen molar-refractivity contribution in [2.45, 2.75) is 26.7 Å². The Kier molecular flexibility index (Phi) is 5.52. The van der Waals surface area contributed by atoms with Gasteiger partial charge >= 0.3 is 0 Å². The van der Waals surface area contributed by atoms with Crippen molar-refractivity contribution in [3.63, 3.8) is 0 Å². The first kappa shape index (κ1) is 17.5. The van der Waals surface area contributed by atoms with E-state index in [0.29, 0.717) is 22.9 Å². The van der Waals surface area contributed by atoms with E-state index in [1.165, 1.54) is 17.7 Å². The largest absolute Gasteiger partial charge is 0.484 e. The van der Waals surface area contributed by atoms with E-state index in [4.69, 9.17) is 4.74 Å². The van der Waals surface area contributed by atoms with Crippen molar-refractivity contribution >= 4 is 17.3 Å². The third-order valence-electron chi connectivity index (χ3n) is 3.69. The minimum Gasteiger partial charge on any atom is -0.484 e. The number of nitro groups is 1. The number of carbonyl (C=O) groups excluding carboxylic acids is 1. The van der Waals surface area contributed by atoms with E-state index < -0.39 is 4.92 Å². The zero-order valence-electron chi connectivity index (χ0n) is 13.9. The maximum Gasteiger partial charge on any atom is 0.274 e. The topological polar surface area (TPSA) is 81.5 Å². The highest BCUT2D eigenvalue weighted by Gasteiger charge is 2.15. The van der Waals surface area contributed by atoms with Crippen molar-refractivity contribution in [2.24, 2.45) is 0 Å². The second-order valence-corrected chi connectivity index (χ2v) is 5.77. The van der Waals surface area contributed by atoms with Crippen molar-refractivity contribution in [3.8, 4) is 5.75 Å². The molecule has 24 heavy (non-hydrogen) atoms. The fourth-order valence-corrected chi connectivity index (χ4v) is 2.24. The van der Waals surface area contributed by atoms with E-state index in [1.54, 1.807) is 13.0 Å². The van der Waals surface area contributed by atoms with Gasteiger partial charge in [0.25, 0.3) is 11.6 Å². The predicted molar refractivity (Wildman–Crippen MR) is 92.5 cm³/mol. The van der Waals surface area contributed by atoms with E-state index in [2.05, 4.69) is 19.2 Å². The van der Waals surface area contributed by atoms with Gasteiger partial charge in [-0.3, -0.25) is 14.9 Å². The quantitative estimate of drug-likeness (QED) is 0.641. The molecule has 1 amide bonds. The molecule has 0 atom stereocenters. The standard InChI is InChI=1S/C18H20N2O4/c1-12(2)14-7-9-15(10-8-14)24-11-18(21)19-16-5-4-6-17(13(16)3)20(22)23/h4-10,12H,11H2,1-3H3,(H,19,21). The highest BCUT2D eigenvalue weighted by atomic mass is 16.6. The number of hydrogen-bond acceptors (Lipinski definition) is 4. The van der Waals surface area contributed by atoms with Crippen molar-refractivity contribution in [2.75, 3.05) is 11.9 Å². The molecule has 0 unspecified atom stereocenters. The number of carbonyl (C=O) groups is 1. The van der Waals surface area contributed by atoms with E-state index in [0.717, 1.165) is 0 Å². The van der Waals surface area contributed by atoms with Gasteiger partial charge in [0.1, 0.15) is 5.75 Å². The summed E-state index contributed by atoms with van der Waals surface area (Å²) in [6.07, 6.45) is 0. The van der Waals surface area contributed by atoms with Crippen LogP contribution in [0.15, 0.2) is 42.5 Å². The van der Waals surface area contributed by atoms with Gasteiger partial charge in [0.2, 0.25) is 0 Å². The number of benzene rings is 2. The van der Waals surface area contributed by atoms with Gasteiger partial charge < -0.3 is 10.1 Å². The third-order valence-corrected chi connectivity index (χ3v) is 3.69. The van der Waals surface area contributed by atoms with E-state index in [1.807, 2.05) is 24.3 Å². The number of anilines is 1. The summed E-state index contributed by atoms with van der Waals surface area (Å²) < 4.78 is 5.45. The third kappa shape index (κ3) is 4.32. The normalized spacial score (nSPS) is 10.5. The molecule has 6 nitrogen and oxygen atoms in total. The van der Waals surface area contributed by atoms with Crippen molar-refractivity contribution in [1.82, 2.24) is 0 Å². The summed E-state index contributed by atoms with van der Waals surface area (Å²) in [5.74, 6) is 0.663. The van der Waals surface area contributed by atoms with Crippen LogP contribution in [0.1, 0.15) is 30.9 Å². The molecule has 0 aliphatic rings. The Bertz CT molecular complexity index is 739. The molecule has 2 aromatic carbocycles. The highest BCUT2D eigenvalue weighted by Crippen LogP contribution is 2.25. The van der Waals surface area contributed by atoms with Gasteiger partial charge in [0.15, 0.2) is 6.61 Å². The van der Waals surface area contributed by atoms with Crippen LogP contribution in [0.3, 0.4) is 0 Å². The first-order valence-electron chi connectivity index (χ1n) is 7.65. The van der Waals surface area contributed by atoms with Crippen LogP contribution < -0.4 is 10.1 Å². The van der Waals surface area contributed by atoms with Crippen LogP contribution in [0.2, 0.25) is 0 Å². The molecule has 0 aliphatic heterocycles. The number of nitrogens with zero attached hydrogens (tertiary/aromatic N) is 1. The number of hydrogen-bond donors (Lipinski definition) is 1. The van der Waals surface area contributed by atoms with Gasteiger partial charge in [0.05, 0.1) is 16.2 Å². The molecule has 0 bridgehead atoms. The van der Waals surface area contributed by atoms with Crippen LogP contribution in [0.4, 0.5) is 11.4 Å². The van der Waals surface area contributed by atoms with Gasteiger partial charge in [-0.05, 0) is 36.6 Å². The summed E-state index contributed by atoms with van der Waals surface area (Å²) in [5, 5.41) is 13.6. The fourth-order valence-electron chi connectivity index (χ4n) is 2.24. The lowest BCUT2D eigenvalue weighted by atomic mass is 10.0. The summed E-state index contributed by atoms with van der Waals surface area (Å²) in [5.41, 5.74) is 1.99. The van der Waals surface area contributed by atoms with E-state index in [-0.39, 0.29) is 18.2 Å². The molecule has 0 spiro atoms. The van der Waals surface area contributed by atoms with Crippen LogP contribution in [-0.2, 0) is 4.79 Å². The molecule has 1 N–H and O–H groups in total. The van der Waals surface area contributed by atoms with Crippen LogP contribution in [0.5, 0.6) is 5.75 Å². The summed E-state index contributed by atoms with van der Waals surface area (Å²) in [6.45, 7) is 5.64. The number of nitro benzene ring substituents is 1. The highest BCUT2D eigenvalue weighted by molar-refractivity contribution is 5.93. The predicted octanol–water partition coefficient (Wildman–Crippen LogP) is 4.04. The van der Waals surface area contributed by atoms with Crippen molar-refractivity contribution < 1.29 is 14.5 Å².